The van der Waals surface area contributed by atoms with Crippen molar-refractivity contribution in [2.45, 2.75) is 39.0 Å². The van der Waals surface area contributed by atoms with E-state index in [9.17, 15) is 4.79 Å². The van der Waals surface area contributed by atoms with Crippen LogP contribution in [-0.4, -0.2) is 39.5 Å². The van der Waals surface area contributed by atoms with Crippen molar-refractivity contribution in [3.05, 3.63) is 23.8 Å². The number of rotatable bonds is 5. The number of aromatic nitrogens is 4. The van der Waals surface area contributed by atoms with Gasteiger partial charge in [-0.1, -0.05) is 5.16 Å². The molecule has 26 heavy (non-hydrogen) atoms. The average molecular weight is 356 g/mol. The minimum Gasteiger partial charge on any atom is -0.370 e. The van der Waals surface area contributed by atoms with Crippen molar-refractivity contribution >= 4 is 28.3 Å². The number of carbonyl (C=O) groups excluding carboxylic acids is 1. The third kappa shape index (κ3) is 3.37. The van der Waals surface area contributed by atoms with Gasteiger partial charge in [-0.25, -0.2) is 4.63 Å². The van der Waals surface area contributed by atoms with E-state index in [-0.39, 0.29) is 12.3 Å². The summed E-state index contributed by atoms with van der Waals surface area (Å²) in [6, 6.07) is 3.82. The zero-order valence-corrected chi connectivity index (χ0v) is 14.6. The van der Waals surface area contributed by atoms with Crippen molar-refractivity contribution < 1.29 is 13.9 Å². The molecule has 1 aliphatic heterocycles. The second-order valence-corrected chi connectivity index (χ2v) is 6.42. The second-order valence-electron chi connectivity index (χ2n) is 6.42. The summed E-state index contributed by atoms with van der Waals surface area (Å²) < 4.78 is 9.96. The monoisotopic (exact) mass is 356 g/mol. The van der Waals surface area contributed by atoms with Crippen LogP contribution in [0.15, 0.2) is 21.3 Å². The van der Waals surface area contributed by atoms with Crippen LogP contribution in [0.25, 0.3) is 11.0 Å². The van der Waals surface area contributed by atoms with Gasteiger partial charge in [0, 0.05) is 25.9 Å². The highest BCUT2D eigenvalue weighted by molar-refractivity contribution is 6.02. The minimum absolute atomic E-state index is 0.157. The Balaban J connectivity index is 1.48. The topological polar surface area (TPSA) is 110 Å². The fraction of sp³-hybridized carbons (Fsp3) is 0.471. The van der Waals surface area contributed by atoms with Crippen LogP contribution in [0.1, 0.15) is 37.4 Å². The van der Waals surface area contributed by atoms with Crippen molar-refractivity contribution in [1.82, 2.24) is 20.5 Å². The largest absolute Gasteiger partial charge is 0.370 e. The molecule has 0 radical (unpaired) electrons. The van der Waals surface area contributed by atoms with Crippen LogP contribution < -0.4 is 10.2 Å². The van der Waals surface area contributed by atoms with Crippen LogP contribution in [-0.2, 0) is 11.2 Å². The molecule has 1 saturated heterocycles. The van der Waals surface area contributed by atoms with Crippen LogP contribution in [0.3, 0.4) is 0 Å². The predicted octanol–water partition coefficient (Wildman–Crippen LogP) is 2.48. The van der Waals surface area contributed by atoms with Crippen LogP contribution in [0.4, 0.5) is 11.4 Å². The molecule has 0 unspecified atom stereocenters. The molecule has 1 aliphatic rings. The van der Waals surface area contributed by atoms with E-state index in [1.165, 1.54) is 19.3 Å². The molecule has 0 aliphatic carbocycles. The normalized spacial score (nSPS) is 14.7. The van der Waals surface area contributed by atoms with E-state index in [2.05, 4.69) is 30.7 Å². The highest BCUT2D eigenvalue weighted by Gasteiger charge is 2.19. The van der Waals surface area contributed by atoms with E-state index in [0.29, 0.717) is 34.9 Å². The highest BCUT2D eigenvalue weighted by Crippen LogP contribution is 2.31. The molecule has 9 heteroatoms. The molecule has 4 rings (SSSR count). The molecule has 1 N–H and O–H groups in total. The van der Waals surface area contributed by atoms with Gasteiger partial charge < -0.3 is 14.7 Å². The summed E-state index contributed by atoms with van der Waals surface area (Å²) in [5.74, 6) is 0.853. The van der Waals surface area contributed by atoms with Gasteiger partial charge in [-0.3, -0.25) is 4.79 Å². The number of hydrogen-bond acceptors (Lipinski definition) is 8. The molecule has 1 fully saturated rings. The molecule has 136 valence electrons. The summed E-state index contributed by atoms with van der Waals surface area (Å²) in [5, 5.41) is 14.6. The fourth-order valence-corrected chi connectivity index (χ4v) is 3.22. The maximum atomic E-state index is 12.3. The minimum atomic E-state index is -0.157. The number of hydrogen-bond donors (Lipinski definition) is 1. The average Bonchev–Trinajstić information content (AvgIpc) is 3.30. The summed E-state index contributed by atoms with van der Waals surface area (Å²) >= 11 is 0. The Kier molecular flexibility index (Phi) is 4.51. The summed E-state index contributed by atoms with van der Waals surface area (Å²) in [6.45, 7) is 3.74. The Morgan fingerprint density at radius 2 is 1.96 bits per heavy atom. The Labute approximate surface area is 149 Å². The van der Waals surface area contributed by atoms with E-state index in [1.807, 2.05) is 12.1 Å². The van der Waals surface area contributed by atoms with Gasteiger partial charge in [0.2, 0.25) is 11.8 Å². The molecule has 0 atom stereocenters. The molecule has 0 spiro atoms. The summed E-state index contributed by atoms with van der Waals surface area (Å²) in [6.07, 6.45) is 4.21. The molecular weight excluding hydrogens is 336 g/mol. The molecule has 0 saturated carbocycles. The molecule has 2 aromatic heterocycles. The fourth-order valence-electron chi connectivity index (χ4n) is 3.22. The molecule has 3 heterocycles. The first-order valence-electron chi connectivity index (χ1n) is 8.80. The number of carbonyl (C=O) groups is 1. The number of fused-ring (bicyclic) bond motifs is 1. The van der Waals surface area contributed by atoms with Crippen LogP contribution in [0.2, 0.25) is 0 Å². The zero-order valence-electron chi connectivity index (χ0n) is 14.6. The van der Waals surface area contributed by atoms with Gasteiger partial charge in [-0.05, 0) is 48.6 Å². The number of anilines is 2. The van der Waals surface area contributed by atoms with Gasteiger partial charge in [0.15, 0.2) is 16.9 Å². The summed E-state index contributed by atoms with van der Waals surface area (Å²) in [4.78, 5) is 18.6. The number of nitrogens with one attached hydrogen (secondary N) is 1. The lowest BCUT2D eigenvalue weighted by Crippen LogP contribution is -2.29. The number of amides is 1. The predicted molar refractivity (Wildman–Crippen MR) is 93.9 cm³/mol. The van der Waals surface area contributed by atoms with Gasteiger partial charge in [-0.15, -0.1) is 0 Å². The van der Waals surface area contributed by atoms with E-state index >= 15 is 0 Å². The summed E-state index contributed by atoms with van der Waals surface area (Å²) in [7, 11) is 0. The molecule has 9 nitrogen and oxygen atoms in total. The first-order valence-corrected chi connectivity index (χ1v) is 8.80. The van der Waals surface area contributed by atoms with E-state index in [0.717, 1.165) is 18.8 Å². The molecule has 1 amide bonds. The third-order valence-corrected chi connectivity index (χ3v) is 4.50. The SMILES string of the molecule is Cc1noc(CCC(=O)Nc2ccc(N3CCCCC3)c3nonc23)n1. The lowest BCUT2D eigenvalue weighted by molar-refractivity contribution is -0.116. The quantitative estimate of drug-likeness (QED) is 0.742. The molecule has 3 aromatic rings. The molecule has 0 bridgehead atoms. The van der Waals surface area contributed by atoms with Gasteiger partial charge in [-0.2, -0.15) is 4.98 Å². The maximum Gasteiger partial charge on any atom is 0.227 e. The summed E-state index contributed by atoms with van der Waals surface area (Å²) in [5.41, 5.74) is 2.83. The number of aryl methyl sites for hydroxylation is 2. The van der Waals surface area contributed by atoms with Gasteiger partial charge in [0.25, 0.3) is 0 Å². The second kappa shape index (κ2) is 7.11. The van der Waals surface area contributed by atoms with Gasteiger partial charge in [0.1, 0.15) is 0 Å². The lowest BCUT2D eigenvalue weighted by atomic mass is 10.1. The van der Waals surface area contributed by atoms with Gasteiger partial charge >= 0.3 is 0 Å². The lowest BCUT2D eigenvalue weighted by Gasteiger charge is -2.28. The van der Waals surface area contributed by atoms with Crippen molar-refractivity contribution in [3.63, 3.8) is 0 Å². The smallest absolute Gasteiger partial charge is 0.227 e. The Hall–Kier alpha value is -2.97. The standard InChI is InChI=1S/C17H20N6O3/c1-11-18-15(25-20-11)8-7-14(24)19-12-5-6-13(17-16(12)21-26-22-17)23-9-3-2-4-10-23/h5-6H,2-4,7-10H2,1H3,(H,19,24). The van der Waals surface area contributed by atoms with Crippen LogP contribution in [0.5, 0.6) is 0 Å². The third-order valence-electron chi connectivity index (χ3n) is 4.50. The van der Waals surface area contributed by atoms with E-state index in [1.54, 1.807) is 6.92 Å². The highest BCUT2D eigenvalue weighted by atomic mass is 16.6. The van der Waals surface area contributed by atoms with Crippen molar-refractivity contribution in [3.8, 4) is 0 Å². The Morgan fingerprint density at radius 1 is 1.15 bits per heavy atom. The first kappa shape index (κ1) is 16.5. The van der Waals surface area contributed by atoms with Gasteiger partial charge in [0.05, 0.1) is 11.4 Å². The molecule has 1 aromatic carbocycles. The van der Waals surface area contributed by atoms with Crippen molar-refractivity contribution in [2.24, 2.45) is 0 Å². The maximum absolute atomic E-state index is 12.3. The van der Waals surface area contributed by atoms with E-state index < -0.39 is 0 Å². The number of nitrogens with zero attached hydrogens (tertiary/aromatic N) is 5. The first-order chi connectivity index (χ1) is 12.7. The van der Waals surface area contributed by atoms with Crippen molar-refractivity contribution in [2.75, 3.05) is 23.3 Å². The van der Waals surface area contributed by atoms with E-state index in [4.69, 9.17) is 9.15 Å². The van der Waals surface area contributed by atoms with Crippen LogP contribution in [0, 0.1) is 6.92 Å². The number of piperidine rings is 1. The van der Waals surface area contributed by atoms with Crippen LogP contribution >= 0.6 is 0 Å². The van der Waals surface area contributed by atoms with Crippen molar-refractivity contribution in [1.29, 1.82) is 0 Å². The zero-order chi connectivity index (χ0) is 17.9. The Bertz CT molecular complexity index is 912. The Morgan fingerprint density at radius 3 is 2.73 bits per heavy atom. The number of benzene rings is 1. The molecular formula is C17H20N6O3.